The molecule has 1 amide bonds. The van der Waals surface area contributed by atoms with Gasteiger partial charge in [-0.3, -0.25) is 4.79 Å². The normalized spacial score (nSPS) is 13.9. The van der Waals surface area contributed by atoms with E-state index < -0.39 is 0 Å². The van der Waals surface area contributed by atoms with Crippen LogP contribution in [-0.2, 0) is 4.79 Å². The quantitative estimate of drug-likeness (QED) is 0.778. The molecule has 0 radical (unpaired) electrons. The van der Waals surface area contributed by atoms with E-state index in [0.717, 1.165) is 17.7 Å². The van der Waals surface area contributed by atoms with Crippen LogP contribution in [0.2, 0.25) is 0 Å². The van der Waals surface area contributed by atoms with Crippen molar-refractivity contribution in [2.75, 3.05) is 7.11 Å². The minimum Gasteiger partial charge on any atom is -0.496 e. The van der Waals surface area contributed by atoms with E-state index in [1.54, 1.807) is 7.11 Å². The highest BCUT2D eigenvalue weighted by atomic mass is 16.5. The zero-order valence-electron chi connectivity index (χ0n) is 11.3. The molecule has 0 aliphatic heterocycles. The van der Waals surface area contributed by atoms with Gasteiger partial charge in [0, 0.05) is 24.1 Å². The average molecular weight is 250 g/mol. The number of benzene rings is 1. The molecule has 0 fully saturated rings. The van der Waals surface area contributed by atoms with Crippen molar-refractivity contribution in [2.45, 2.75) is 38.8 Å². The zero-order chi connectivity index (χ0) is 13.5. The van der Waals surface area contributed by atoms with Crippen LogP contribution in [0.4, 0.5) is 0 Å². The lowest BCUT2D eigenvalue weighted by Crippen LogP contribution is -2.34. The Morgan fingerprint density at radius 1 is 1.44 bits per heavy atom. The van der Waals surface area contributed by atoms with Gasteiger partial charge in [-0.05, 0) is 19.4 Å². The van der Waals surface area contributed by atoms with Crippen LogP contribution in [0.1, 0.15) is 38.3 Å². The summed E-state index contributed by atoms with van der Waals surface area (Å²) in [6, 6.07) is 8.13. The smallest absolute Gasteiger partial charge is 0.218 e. The van der Waals surface area contributed by atoms with Crippen molar-refractivity contribution >= 4 is 5.91 Å². The van der Waals surface area contributed by atoms with Crippen LogP contribution in [0.25, 0.3) is 0 Å². The molecule has 4 heteroatoms. The number of carbonyl (C=O) groups excluding carboxylic acids is 1. The highest BCUT2D eigenvalue weighted by Crippen LogP contribution is 2.27. The largest absolute Gasteiger partial charge is 0.496 e. The third-order valence-electron chi connectivity index (χ3n) is 2.92. The molecule has 0 aromatic heterocycles. The van der Waals surface area contributed by atoms with Gasteiger partial charge in [-0.15, -0.1) is 0 Å². The SMILES string of the molecule is CCC(NC(C)CC(N)=O)c1ccccc1OC. The number of hydrogen-bond donors (Lipinski definition) is 2. The van der Waals surface area contributed by atoms with Crippen molar-refractivity contribution in [3.8, 4) is 5.75 Å². The molecule has 1 aromatic carbocycles. The first-order chi connectivity index (χ1) is 8.58. The van der Waals surface area contributed by atoms with Crippen molar-refractivity contribution < 1.29 is 9.53 Å². The van der Waals surface area contributed by atoms with E-state index >= 15 is 0 Å². The average Bonchev–Trinajstić information content (AvgIpc) is 2.35. The monoisotopic (exact) mass is 250 g/mol. The fourth-order valence-corrected chi connectivity index (χ4v) is 2.09. The molecular weight excluding hydrogens is 228 g/mol. The Labute approximate surface area is 109 Å². The van der Waals surface area contributed by atoms with E-state index in [-0.39, 0.29) is 18.0 Å². The van der Waals surface area contributed by atoms with Gasteiger partial charge in [0.25, 0.3) is 0 Å². The third kappa shape index (κ3) is 4.04. The van der Waals surface area contributed by atoms with Gasteiger partial charge in [-0.25, -0.2) is 0 Å². The summed E-state index contributed by atoms with van der Waals surface area (Å²) in [5, 5.41) is 3.41. The number of ether oxygens (including phenoxy) is 1. The fourth-order valence-electron chi connectivity index (χ4n) is 2.09. The van der Waals surface area contributed by atoms with Gasteiger partial charge in [-0.2, -0.15) is 0 Å². The lowest BCUT2D eigenvalue weighted by atomic mass is 10.0. The second-order valence-electron chi connectivity index (χ2n) is 4.44. The number of nitrogens with two attached hydrogens (primary N) is 1. The molecule has 100 valence electrons. The summed E-state index contributed by atoms with van der Waals surface area (Å²) in [5.41, 5.74) is 6.31. The summed E-state index contributed by atoms with van der Waals surface area (Å²) in [6.45, 7) is 4.06. The molecule has 2 unspecified atom stereocenters. The van der Waals surface area contributed by atoms with Gasteiger partial charge in [0.2, 0.25) is 5.91 Å². The predicted octanol–water partition coefficient (Wildman–Crippen LogP) is 2.00. The maximum atomic E-state index is 10.9. The molecule has 0 heterocycles. The second kappa shape index (κ2) is 7.01. The summed E-state index contributed by atoms with van der Waals surface area (Å²) < 4.78 is 5.36. The Kier molecular flexibility index (Phi) is 5.65. The van der Waals surface area contributed by atoms with Gasteiger partial charge in [0.1, 0.15) is 5.75 Å². The maximum Gasteiger partial charge on any atom is 0.218 e. The van der Waals surface area contributed by atoms with Gasteiger partial charge in [0.15, 0.2) is 0 Å². The maximum absolute atomic E-state index is 10.9. The topological polar surface area (TPSA) is 64.3 Å². The number of rotatable bonds is 7. The molecule has 0 bridgehead atoms. The van der Waals surface area contributed by atoms with Crippen LogP contribution >= 0.6 is 0 Å². The summed E-state index contributed by atoms with van der Waals surface area (Å²) >= 11 is 0. The molecule has 1 rings (SSSR count). The van der Waals surface area contributed by atoms with Gasteiger partial charge < -0.3 is 15.8 Å². The van der Waals surface area contributed by atoms with E-state index in [2.05, 4.69) is 12.2 Å². The van der Waals surface area contributed by atoms with Crippen LogP contribution in [0.5, 0.6) is 5.75 Å². The Morgan fingerprint density at radius 3 is 2.67 bits per heavy atom. The lowest BCUT2D eigenvalue weighted by molar-refractivity contribution is -0.118. The van der Waals surface area contributed by atoms with E-state index in [1.165, 1.54) is 0 Å². The molecule has 3 N–H and O–H groups in total. The second-order valence-corrected chi connectivity index (χ2v) is 4.44. The number of para-hydroxylation sites is 1. The zero-order valence-corrected chi connectivity index (χ0v) is 11.3. The first-order valence-electron chi connectivity index (χ1n) is 6.25. The number of methoxy groups -OCH3 is 1. The van der Waals surface area contributed by atoms with Crippen molar-refractivity contribution in [3.05, 3.63) is 29.8 Å². The Morgan fingerprint density at radius 2 is 2.11 bits per heavy atom. The molecule has 0 saturated carbocycles. The van der Waals surface area contributed by atoms with Crippen LogP contribution < -0.4 is 15.8 Å². The molecule has 0 spiro atoms. The standard InChI is InChI=1S/C14H22N2O2/c1-4-12(16-10(2)9-14(15)17)11-7-5-6-8-13(11)18-3/h5-8,10,12,16H,4,9H2,1-3H3,(H2,15,17). The lowest BCUT2D eigenvalue weighted by Gasteiger charge is -2.23. The van der Waals surface area contributed by atoms with Crippen molar-refractivity contribution in [1.82, 2.24) is 5.32 Å². The van der Waals surface area contributed by atoms with Crippen molar-refractivity contribution in [2.24, 2.45) is 5.73 Å². The highest BCUT2D eigenvalue weighted by molar-refractivity contribution is 5.74. The van der Waals surface area contributed by atoms with Crippen molar-refractivity contribution in [1.29, 1.82) is 0 Å². The number of carbonyl (C=O) groups is 1. The van der Waals surface area contributed by atoms with Crippen molar-refractivity contribution in [3.63, 3.8) is 0 Å². The molecule has 4 nitrogen and oxygen atoms in total. The molecule has 1 aromatic rings. The fraction of sp³-hybridized carbons (Fsp3) is 0.500. The molecule has 18 heavy (non-hydrogen) atoms. The minimum atomic E-state index is -0.287. The van der Waals surface area contributed by atoms with E-state index in [9.17, 15) is 4.79 Å². The van der Waals surface area contributed by atoms with E-state index in [4.69, 9.17) is 10.5 Å². The Hall–Kier alpha value is -1.55. The van der Waals surface area contributed by atoms with Gasteiger partial charge in [0.05, 0.1) is 7.11 Å². The third-order valence-corrected chi connectivity index (χ3v) is 2.92. The summed E-state index contributed by atoms with van der Waals surface area (Å²) in [4.78, 5) is 10.9. The Bertz CT molecular complexity index is 393. The summed E-state index contributed by atoms with van der Waals surface area (Å²) in [6.07, 6.45) is 1.26. The summed E-state index contributed by atoms with van der Waals surface area (Å²) in [5.74, 6) is 0.577. The van der Waals surface area contributed by atoms with E-state index in [0.29, 0.717) is 6.42 Å². The predicted molar refractivity (Wildman–Crippen MR) is 72.4 cm³/mol. The molecule has 2 atom stereocenters. The van der Waals surface area contributed by atoms with Gasteiger partial charge >= 0.3 is 0 Å². The number of primary amides is 1. The first-order valence-corrected chi connectivity index (χ1v) is 6.25. The first kappa shape index (κ1) is 14.5. The van der Waals surface area contributed by atoms with Gasteiger partial charge in [-0.1, -0.05) is 25.1 Å². The van der Waals surface area contributed by atoms with Crippen LogP contribution in [0, 0.1) is 0 Å². The number of hydrogen-bond acceptors (Lipinski definition) is 3. The molecule has 0 aliphatic rings. The summed E-state index contributed by atoms with van der Waals surface area (Å²) in [7, 11) is 1.67. The molecule has 0 saturated heterocycles. The van der Waals surface area contributed by atoms with E-state index in [1.807, 2.05) is 31.2 Å². The number of amides is 1. The van der Waals surface area contributed by atoms with Crippen LogP contribution in [0.15, 0.2) is 24.3 Å². The minimum absolute atomic E-state index is 0.0531. The molecular formula is C14H22N2O2. The molecule has 0 aliphatic carbocycles. The highest BCUT2D eigenvalue weighted by Gasteiger charge is 2.16. The number of nitrogens with one attached hydrogen (secondary N) is 1. The van der Waals surface area contributed by atoms with Crippen LogP contribution in [-0.4, -0.2) is 19.1 Å². The van der Waals surface area contributed by atoms with Crippen LogP contribution in [0.3, 0.4) is 0 Å². The Balaban J connectivity index is 2.79.